The number of carbonyl (C=O) groups excluding carboxylic acids is 3. The molecule has 1 aromatic carbocycles. The van der Waals surface area contributed by atoms with Crippen molar-refractivity contribution in [3.8, 4) is 0 Å². The van der Waals surface area contributed by atoms with Gasteiger partial charge in [0.25, 0.3) is 0 Å². The van der Waals surface area contributed by atoms with Gasteiger partial charge in [-0.1, -0.05) is 62.4 Å². The molecule has 8 nitrogen and oxygen atoms in total. The topological polar surface area (TPSA) is 91.0 Å². The highest BCUT2D eigenvalue weighted by Crippen LogP contribution is 2.55. The van der Waals surface area contributed by atoms with Crippen molar-refractivity contribution in [3.05, 3.63) is 41.4 Å². The average Bonchev–Trinajstić information content (AvgIpc) is 3.61. The fourth-order valence-electron chi connectivity index (χ4n) is 8.09. The Morgan fingerprint density at radius 2 is 1.88 bits per heavy atom. The van der Waals surface area contributed by atoms with Gasteiger partial charge >= 0.3 is 0 Å². The number of likely N-dealkylation sites (tertiary alicyclic amines) is 2. The smallest absolute Gasteiger partial charge is 0.246 e. The fraction of sp³-hybridized carbons (Fsp3) is 0.656. The van der Waals surface area contributed by atoms with E-state index >= 15 is 0 Å². The maximum atomic E-state index is 14.2. The summed E-state index contributed by atoms with van der Waals surface area (Å²) in [6.07, 6.45) is 14.1. The lowest BCUT2D eigenvalue weighted by Crippen LogP contribution is -2.56. The Balaban J connectivity index is 1.23. The largest absolute Gasteiger partial charge is 0.359 e. The van der Waals surface area contributed by atoms with Crippen molar-refractivity contribution in [1.82, 2.24) is 15.1 Å². The summed E-state index contributed by atoms with van der Waals surface area (Å²) in [5.74, 6) is -2.05. The number of fused-ring (bicyclic) bond motifs is 1. The predicted octanol–water partition coefficient (Wildman–Crippen LogP) is 4.53. The van der Waals surface area contributed by atoms with E-state index in [1.165, 1.54) is 25.7 Å². The van der Waals surface area contributed by atoms with Crippen molar-refractivity contribution in [3.63, 3.8) is 0 Å². The van der Waals surface area contributed by atoms with Crippen LogP contribution in [0.1, 0.15) is 71.1 Å². The number of anilines is 1. The third kappa shape index (κ3) is 5.43. The number of nitrogens with zero attached hydrogens (tertiary/aromatic N) is 2. The van der Waals surface area contributed by atoms with E-state index in [9.17, 15) is 14.4 Å². The van der Waals surface area contributed by atoms with Crippen molar-refractivity contribution in [2.24, 2.45) is 11.8 Å². The molecule has 41 heavy (non-hydrogen) atoms. The highest BCUT2D eigenvalue weighted by atomic mass is 35.5. The Morgan fingerprint density at radius 1 is 1.07 bits per heavy atom. The van der Waals surface area contributed by atoms with E-state index in [-0.39, 0.29) is 23.8 Å². The molecule has 1 aromatic rings. The Hall–Kier alpha value is -2.42. The lowest BCUT2D eigenvalue weighted by atomic mass is 9.74. The first-order valence-electron chi connectivity index (χ1n) is 15.7. The Bertz CT molecular complexity index is 1190. The van der Waals surface area contributed by atoms with Crippen molar-refractivity contribution in [1.29, 1.82) is 0 Å². The number of piperidine rings is 1. The summed E-state index contributed by atoms with van der Waals surface area (Å²) in [5.41, 5.74) is -0.558. The normalized spacial score (nSPS) is 33.3. The van der Waals surface area contributed by atoms with Gasteiger partial charge in [-0.2, -0.15) is 0 Å². The van der Waals surface area contributed by atoms with Gasteiger partial charge in [0.1, 0.15) is 11.6 Å². The molecule has 2 bridgehead atoms. The third-order valence-electron chi connectivity index (χ3n) is 10.0. The molecule has 5 aliphatic rings. The molecular weight excluding hydrogens is 540 g/mol. The van der Waals surface area contributed by atoms with Crippen LogP contribution in [0.15, 0.2) is 36.4 Å². The Labute approximate surface area is 248 Å². The van der Waals surface area contributed by atoms with Crippen molar-refractivity contribution >= 4 is 35.0 Å². The monoisotopic (exact) mass is 582 g/mol. The molecule has 1 saturated carbocycles. The lowest BCUT2D eigenvalue weighted by molar-refractivity contribution is -0.141. The van der Waals surface area contributed by atoms with Crippen LogP contribution in [-0.2, 0) is 19.1 Å². The highest BCUT2D eigenvalue weighted by molar-refractivity contribution is 6.30. The molecule has 222 valence electrons. The van der Waals surface area contributed by atoms with Gasteiger partial charge < -0.3 is 25.2 Å². The summed E-state index contributed by atoms with van der Waals surface area (Å²) >= 11 is 6.14. The second kappa shape index (κ2) is 12.1. The first-order chi connectivity index (χ1) is 19.9. The second-order valence-corrected chi connectivity index (χ2v) is 13.0. The van der Waals surface area contributed by atoms with Crippen LogP contribution in [-0.4, -0.2) is 77.0 Å². The summed E-state index contributed by atoms with van der Waals surface area (Å²) in [6, 6.07) is 6.90. The zero-order valence-corrected chi connectivity index (χ0v) is 24.8. The van der Waals surface area contributed by atoms with Crippen LogP contribution in [0.25, 0.3) is 0 Å². The van der Waals surface area contributed by atoms with E-state index in [1.54, 1.807) is 29.2 Å². The van der Waals surface area contributed by atoms with E-state index < -0.39 is 29.6 Å². The first kappa shape index (κ1) is 28.7. The molecule has 6 atom stereocenters. The van der Waals surface area contributed by atoms with Crippen LogP contribution in [0.5, 0.6) is 0 Å². The molecule has 4 heterocycles. The number of nitrogens with one attached hydrogen (secondary N) is 2. The highest BCUT2D eigenvalue weighted by Gasteiger charge is 2.72. The zero-order valence-electron chi connectivity index (χ0n) is 24.0. The quantitative estimate of drug-likeness (QED) is 0.418. The molecule has 4 fully saturated rings. The maximum absolute atomic E-state index is 14.2. The van der Waals surface area contributed by atoms with Gasteiger partial charge in [-0.05, 0) is 63.3 Å². The summed E-state index contributed by atoms with van der Waals surface area (Å²) in [7, 11) is 0. The van der Waals surface area contributed by atoms with Crippen LogP contribution in [0, 0.1) is 11.8 Å². The lowest BCUT2D eigenvalue weighted by Gasteiger charge is -2.36. The van der Waals surface area contributed by atoms with E-state index in [2.05, 4.69) is 22.5 Å². The molecule has 1 aliphatic carbocycles. The number of carbonyl (C=O) groups is 3. The predicted molar refractivity (Wildman–Crippen MR) is 158 cm³/mol. The third-order valence-corrected chi connectivity index (χ3v) is 10.3. The van der Waals surface area contributed by atoms with Gasteiger partial charge in [-0.25, -0.2) is 0 Å². The van der Waals surface area contributed by atoms with Crippen LogP contribution in [0.4, 0.5) is 5.69 Å². The van der Waals surface area contributed by atoms with Crippen LogP contribution < -0.4 is 10.6 Å². The number of ether oxygens (including phenoxy) is 1. The summed E-state index contributed by atoms with van der Waals surface area (Å²) < 4.78 is 6.50. The Kier molecular flexibility index (Phi) is 8.44. The van der Waals surface area contributed by atoms with E-state index in [4.69, 9.17) is 16.3 Å². The second-order valence-electron chi connectivity index (χ2n) is 12.5. The summed E-state index contributed by atoms with van der Waals surface area (Å²) in [6.45, 7) is 4.70. The number of halogens is 1. The van der Waals surface area contributed by atoms with Crippen molar-refractivity contribution < 1.29 is 19.1 Å². The van der Waals surface area contributed by atoms with Gasteiger partial charge in [0.05, 0.1) is 17.9 Å². The summed E-state index contributed by atoms with van der Waals surface area (Å²) in [5, 5.41) is 6.74. The Morgan fingerprint density at radius 3 is 2.66 bits per heavy atom. The molecule has 3 amide bonds. The minimum Gasteiger partial charge on any atom is -0.359 e. The van der Waals surface area contributed by atoms with Crippen LogP contribution in [0.2, 0.25) is 5.02 Å². The molecular formula is C32H43ClN4O4. The SMILES string of the molecule is CC[C@@H]1CCCCN1CCCN1C(=O)[C@@H]2[C@H](C(=O)Nc3cccc(Cl)c3)[C@@H]3C=C[C@@]2(O3)[C@@H]1C(=O)NC1CCCCC1. The minimum absolute atomic E-state index is 0.117. The van der Waals surface area contributed by atoms with Crippen LogP contribution >= 0.6 is 11.6 Å². The molecule has 0 unspecified atom stereocenters. The molecule has 0 aromatic heterocycles. The molecule has 0 radical (unpaired) electrons. The number of rotatable bonds is 9. The van der Waals surface area contributed by atoms with E-state index in [0.29, 0.717) is 23.3 Å². The standard InChI is InChI=1S/C32H43ClN4O4/c1-2-24-14-6-7-17-36(24)18-9-19-37-28(30(39)34-22-11-4-3-5-12-22)32-16-15-25(41-32)26(27(32)31(37)40)29(38)35-23-13-8-10-21(33)20-23/h8,10,13,15-16,20,22,24-28H,2-7,9,11-12,14,17-19H2,1H3,(H,34,39)(H,35,38)/t24-,25+,26-,27+,28+,32+/m1/s1. The summed E-state index contributed by atoms with van der Waals surface area (Å²) in [4.78, 5) is 46.2. The molecule has 2 N–H and O–H groups in total. The molecule has 3 saturated heterocycles. The van der Waals surface area contributed by atoms with Gasteiger partial charge in [0.2, 0.25) is 17.7 Å². The first-order valence-corrected chi connectivity index (χ1v) is 16.1. The van der Waals surface area contributed by atoms with Gasteiger partial charge in [-0.15, -0.1) is 0 Å². The average molecular weight is 583 g/mol. The van der Waals surface area contributed by atoms with Gasteiger partial charge in [-0.3, -0.25) is 14.4 Å². The van der Waals surface area contributed by atoms with Crippen molar-refractivity contribution in [2.75, 3.05) is 25.0 Å². The van der Waals surface area contributed by atoms with Gasteiger partial charge in [0.15, 0.2) is 0 Å². The number of hydrogen-bond donors (Lipinski definition) is 2. The van der Waals surface area contributed by atoms with E-state index in [0.717, 1.165) is 51.6 Å². The minimum atomic E-state index is -1.13. The molecule has 1 spiro atoms. The molecule has 9 heteroatoms. The zero-order chi connectivity index (χ0) is 28.6. The van der Waals surface area contributed by atoms with Gasteiger partial charge in [0, 0.05) is 35.9 Å². The number of hydrogen-bond acceptors (Lipinski definition) is 5. The maximum Gasteiger partial charge on any atom is 0.246 e. The van der Waals surface area contributed by atoms with Crippen LogP contribution in [0.3, 0.4) is 0 Å². The fourth-order valence-corrected chi connectivity index (χ4v) is 8.28. The number of amides is 3. The molecule has 4 aliphatic heterocycles. The van der Waals surface area contributed by atoms with Crippen molar-refractivity contribution in [2.45, 2.75) is 101 Å². The number of benzene rings is 1. The molecule has 6 rings (SSSR count). The van der Waals surface area contributed by atoms with E-state index in [1.807, 2.05) is 12.2 Å².